The third-order valence-corrected chi connectivity index (χ3v) is 3.72. The number of furan rings is 1. The molecule has 1 atom stereocenters. The van der Waals surface area contributed by atoms with Gasteiger partial charge in [0.15, 0.2) is 0 Å². The van der Waals surface area contributed by atoms with Crippen molar-refractivity contribution in [2.75, 3.05) is 20.1 Å². The van der Waals surface area contributed by atoms with E-state index in [0.717, 1.165) is 37.5 Å². The van der Waals surface area contributed by atoms with Crippen LogP contribution in [0.5, 0.6) is 0 Å². The van der Waals surface area contributed by atoms with E-state index >= 15 is 0 Å². The highest BCUT2D eigenvalue weighted by Crippen LogP contribution is 2.21. The van der Waals surface area contributed by atoms with Gasteiger partial charge in [-0.05, 0) is 63.2 Å². The lowest BCUT2D eigenvalue weighted by atomic mass is 10.0. The summed E-state index contributed by atoms with van der Waals surface area (Å²) in [4.78, 5) is 6.43. The summed E-state index contributed by atoms with van der Waals surface area (Å²) >= 11 is 0. The van der Waals surface area contributed by atoms with Gasteiger partial charge in [-0.1, -0.05) is 6.92 Å². The van der Waals surface area contributed by atoms with Crippen LogP contribution in [-0.4, -0.2) is 30.0 Å². The molecule has 2 aromatic heterocycles. The zero-order valence-electron chi connectivity index (χ0n) is 12.7. The standard InChI is InChI=1S/C17H24N2O/c1-14(17-5-4-15(2)20-17)8-12-19(3)13-9-16-6-10-18-11-7-16/h4-7,10-11,14H,8-9,12-13H2,1-3H3/t14-/m0/s1. The second-order valence-electron chi connectivity index (χ2n) is 5.55. The predicted octanol–water partition coefficient (Wildman–Crippen LogP) is 3.65. The van der Waals surface area contributed by atoms with Gasteiger partial charge in [-0.15, -0.1) is 0 Å². The highest BCUT2D eigenvalue weighted by Gasteiger charge is 2.10. The van der Waals surface area contributed by atoms with Crippen LogP contribution >= 0.6 is 0 Å². The molecular formula is C17H24N2O. The van der Waals surface area contributed by atoms with Gasteiger partial charge in [-0.3, -0.25) is 4.98 Å². The van der Waals surface area contributed by atoms with Gasteiger partial charge < -0.3 is 9.32 Å². The van der Waals surface area contributed by atoms with E-state index in [9.17, 15) is 0 Å². The lowest BCUT2D eigenvalue weighted by Crippen LogP contribution is -2.23. The van der Waals surface area contributed by atoms with Crippen LogP contribution in [0.3, 0.4) is 0 Å². The van der Waals surface area contributed by atoms with Crippen LogP contribution < -0.4 is 0 Å². The van der Waals surface area contributed by atoms with Crippen LogP contribution in [0.1, 0.15) is 36.3 Å². The Morgan fingerprint density at radius 3 is 2.55 bits per heavy atom. The minimum absolute atomic E-state index is 0.479. The Morgan fingerprint density at radius 2 is 1.90 bits per heavy atom. The van der Waals surface area contributed by atoms with Gasteiger partial charge in [0.2, 0.25) is 0 Å². The van der Waals surface area contributed by atoms with E-state index < -0.39 is 0 Å². The molecule has 0 spiro atoms. The second kappa shape index (κ2) is 7.25. The molecule has 2 rings (SSSR count). The fourth-order valence-electron chi connectivity index (χ4n) is 2.26. The number of nitrogens with zero attached hydrogens (tertiary/aromatic N) is 2. The molecule has 0 aromatic carbocycles. The molecule has 0 saturated heterocycles. The van der Waals surface area contributed by atoms with Crippen molar-refractivity contribution in [3.05, 3.63) is 53.7 Å². The van der Waals surface area contributed by atoms with Gasteiger partial charge >= 0.3 is 0 Å². The van der Waals surface area contributed by atoms with Gasteiger partial charge in [0.1, 0.15) is 11.5 Å². The third kappa shape index (κ3) is 4.49. The Hall–Kier alpha value is -1.61. The number of aryl methyl sites for hydroxylation is 1. The maximum atomic E-state index is 5.68. The Balaban J connectivity index is 1.71. The molecular weight excluding hydrogens is 248 g/mol. The molecule has 3 heteroatoms. The number of pyridine rings is 1. The van der Waals surface area contributed by atoms with Crippen molar-refractivity contribution in [2.24, 2.45) is 0 Å². The Labute approximate surface area is 121 Å². The maximum absolute atomic E-state index is 5.68. The summed E-state index contributed by atoms with van der Waals surface area (Å²) in [6.07, 6.45) is 5.92. The van der Waals surface area contributed by atoms with Gasteiger partial charge in [-0.25, -0.2) is 0 Å². The van der Waals surface area contributed by atoms with Crippen LogP contribution in [0.15, 0.2) is 41.1 Å². The molecule has 108 valence electrons. The smallest absolute Gasteiger partial charge is 0.107 e. The van der Waals surface area contributed by atoms with E-state index in [1.807, 2.05) is 25.4 Å². The number of rotatable bonds is 7. The molecule has 20 heavy (non-hydrogen) atoms. The van der Waals surface area contributed by atoms with E-state index in [-0.39, 0.29) is 0 Å². The minimum Gasteiger partial charge on any atom is -0.466 e. The minimum atomic E-state index is 0.479. The first-order chi connectivity index (χ1) is 9.65. The second-order valence-corrected chi connectivity index (χ2v) is 5.55. The van der Waals surface area contributed by atoms with E-state index in [4.69, 9.17) is 4.42 Å². The van der Waals surface area contributed by atoms with Crippen molar-refractivity contribution in [3.8, 4) is 0 Å². The molecule has 0 N–H and O–H groups in total. The van der Waals surface area contributed by atoms with Crippen molar-refractivity contribution in [2.45, 2.75) is 32.6 Å². The Morgan fingerprint density at radius 1 is 1.15 bits per heavy atom. The van der Waals surface area contributed by atoms with Crippen molar-refractivity contribution in [1.82, 2.24) is 9.88 Å². The lowest BCUT2D eigenvalue weighted by Gasteiger charge is -2.18. The molecule has 0 aliphatic rings. The van der Waals surface area contributed by atoms with Crippen LogP contribution in [0.4, 0.5) is 0 Å². The molecule has 3 nitrogen and oxygen atoms in total. The molecule has 2 heterocycles. The predicted molar refractivity (Wildman–Crippen MR) is 81.9 cm³/mol. The molecule has 0 radical (unpaired) electrons. The van der Waals surface area contributed by atoms with Gasteiger partial charge in [-0.2, -0.15) is 0 Å². The van der Waals surface area contributed by atoms with E-state index in [0.29, 0.717) is 5.92 Å². The highest BCUT2D eigenvalue weighted by atomic mass is 16.3. The topological polar surface area (TPSA) is 29.3 Å². The summed E-state index contributed by atoms with van der Waals surface area (Å²) in [7, 11) is 2.18. The third-order valence-electron chi connectivity index (χ3n) is 3.72. The van der Waals surface area contributed by atoms with Gasteiger partial charge in [0, 0.05) is 24.9 Å². The number of likely N-dealkylation sites (N-methyl/N-ethyl adjacent to an activating group) is 1. The average molecular weight is 272 g/mol. The van der Waals surface area contributed by atoms with Gasteiger partial charge in [0.25, 0.3) is 0 Å². The van der Waals surface area contributed by atoms with Crippen molar-refractivity contribution in [1.29, 1.82) is 0 Å². The largest absolute Gasteiger partial charge is 0.466 e. The fourth-order valence-corrected chi connectivity index (χ4v) is 2.26. The Kier molecular flexibility index (Phi) is 5.36. The van der Waals surface area contributed by atoms with Crippen LogP contribution in [0.25, 0.3) is 0 Å². The molecule has 0 fully saturated rings. The first kappa shape index (κ1) is 14.8. The summed E-state index contributed by atoms with van der Waals surface area (Å²) in [6, 6.07) is 8.31. The number of aromatic nitrogens is 1. The highest BCUT2D eigenvalue weighted by molar-refractivity contribution is 5.10. The molecule has 0 aliphatic heterocycles. The van der Waals surface area contributed by atoms with E-state index in [1.165, 1.54) is 5.56 Å². The average Bonchev–Trinajstić information content (AvgIpc) is 2.90. The first-order valence-corrected chi connectivity index (χ1v) is 7.29. The fraction of sp³-hybridized carbons (Fsp3) is 0.471. The SMILES string of the molecule is Cc1ccc([C@@H](C)CCN(C)CCc2ccncc2)o1. The number of hydrogen-bond acceptors (Lipinski definition) is 3. The molecule has 0 bridgehead atoms. The summed E-state index contributed by atoms with van der Waals surface area (Å²) in [5, 5.41) is 0. The van der Waals surface area contributed by atoms with Crippen molar-refractivity contribution in [3.63, 3.8) is 0 Å². The van der Waals surface area contributed by atoms with Crippen molar-refractivity contribution < 1.29 is 4.42 Å². The summed E-state index contributed by atoms with van der Waals surface area (Å²) in [6.45, 7) is 6.39. The maximum Gasteiger partial charge on any atom is 0.107 e. The zero-order chi connectivity index (χ0) is 14.4. The van der Waals surface area contributed by atoms with Crippen LogP contribution in [-0.2, 0) is 6.42 Å². The number of hydrogen-bond donors (Lipinski definition) is 0. The first-order valence-electron chi connectivity index (χ1n) is 7.29. The molecule has 2 aromatic rings. The molecule has 0 amide bonds. The summed E-state index contributed by atoms with van der Waals surface area (Å²) in [5.41, 5.74) is 1.35. The monoisotopic (exact) mass is 272 g/mol. The van der Waals surface area contributed by atoms with Crippen LogP contribution in [0.2, 0.25) is 0 Å². The molecule has 0 aliphatic carbocycles. The van der Waals surface area contributed by atoms with Crippen molar-refractivity contribution >= 4 is 0 Å². The molecule has 0 unspecified atom stereocenters. The van der Waals surface area contributed by atoms with Crippen LogP contribution in [0, 0.1) is 6.92 Å². The lowest BCUT2D eigenvalue weighted by molar-refractivity contribution is 0.315. The zero-order valence-corrected chi connectivity index (χ0v) is 12.7. The normalized spacial score (nSPS) is 12.8. The molecule has 0 saturated carbocycles. The summed E-state index contributed by atoms with van der Waals surface area (Å²) < 4.78 is 5.68. The Bertz CT molecular complexity index is 507. The summed E-state index contributed by atoms with van der Waals surface area (Å²) in [5.74, 6) is 2.58. The van der Waals surface area contributed by atoms with E-state index in [1.54, 1.807) is 0 Å². The van der Waals surface area contributed by atoms with Gasteiger partial charge in [0.05, 0.1) is 0 Å². The van der Waals surface area contributed by atoms with E-state index in [2.05, 4.69) is 42.1 Å². The quantitative estimate of drug-likeness (QED) is 0.770.